The molecule has 0 fully saturated rings. The summed E-state index contributed by atoms with van der Waals surface area (Å²) in [5.41, 5.74) is 14.3. The highest BCUT2D eigenvalue weighted by atomic mass is 16.5. The highest BCUT2D eigenvalue weighted by Crippen LogP contribution is 2.44. The van der Waals surface area contributed by atoms with Crippen molar-refractivity contribution in [3.8, 4) is 0 Å². The van der Waals surface area contributed by atoms with E-state index in [-0.39, 0.29) is 24.8 Å². The van der Waals surface area contributed by atoms with Crippen molar-refractivity contribution in [1.29, 1.82) is 0 Å². The van der Waals surface area contributed by atoms with Crippen LogP contribution in [0.4, 0.5) is 0 Å². The highest BCUT2D eigenvalue weighted by molar-refractivity contribution is 6.25. The third-order valence-corrected chi connectivity index (χ3v) is 10.6. The number of carbonyl (C=O) groups excluding carboxylic acids is 1. The van der Waals surface area contributed by atoms with Crippen LogP contribution in [0.15, 0.2) is 94.6 Å². The topological polar surface area (TPSA) is 120 Å². The number of ether oxygens (including phenoxy) is 1. The van der Waals surface area contributed by atoms with Gasteiger partial charge in [-0.05, 0) is 131 Å². The largest absolute Gasteiger partial charge is 0.511 e. The first-order chi connectivity index (χ1) is 23.9. The average molecular weight is 675 g/mol. The summed E-state index contributed by atoms with van der Waals surface area (Å²) >= 11 is 0. The summed E-state index contributed by atoms with van der Waals surface area (Å²) in [7, 11) is 0. The molecule has 4 aliphatic heterocycles. The molecule has 8 heteroatoms. The van der Waals surface area contributed by atoms with E-state index in [2.05, 4.69) is 51.8 Å². The van der Waals surface area contributed by atoms with Crippen LogP contribution in [0, 0.1) is 12.8 Å². The SMILES string of the molecule is CCc1c(C)c2[nH]c1=CC1=C(C)C3=C(O)CC(=C4N=C(C=C5N=C(C=2)C(CO)=C5C)C(C)=C4CCC(=O)OCC[C@@H](C)CCC=C(C)C)C3=N1. The highest BCUT2D eigenvalue weighted by Gasteiger charge is 2.37. The first-order valence-electron chi connectivity index (χ1n) is 18.0. The van der Waals surface area contributed by atoms with E-state index >= 15 is 0 Å². The number of aromatic nitrogens is 1. The van der Waals surface area contributed by atoms with Crippen molar-refractivity contribution in [2.24, 2.45) is 20.9 Å². The molecule has 8 bridgehead atoms. The molecule has 8 nitrogen and oxygen atoms in total. The average Bonchev–Trinajstić information content (AvgIpc) is 3.82. The number of rotatable bonds is 11. The van der Waals surface area contributed by atoms with E-state index in [0.717, 1.165) is 115 Å². The zero-order valence-electron chi connectivity index (χ0n) is 30.8. The number of allylic oxidation sites excluding steroid dienone is 10. The molecule has 0 unspecified atom stereocenters. The van der Waals surface area contributed by atoms with Crippen LogP contribution in [0.5, 0.6) is 0 Å². The number of hydrogen-bond acceptors (Lipinski definition) is 7. The van der Waals surface area contributed by atoms with Gasteiger partial charge in [0.05, 0.1) is 47.4 Å². The molecule has 1 aliphatic carbocycles. The van der Waals surface area contributed by atoms with Gasteiger partial charge in [-0.1, -0.05) is 25.5 Å². The number of esters is 1. The second-order valence-corrected chi connectivity index (χ2v) is 14.4. The van der Waals surface area contributed by atoms with Crippen LogP contribution in [0.25, 0.3) is 12.2 Å². The Bertz CT molecular complexity index is 2110. The number of H-pyrrole nitrogens is 1. The van der Waals surface area contributed by atoms with Crippen LogP contribution < -0.4 is 10.7 Å². The normalized spacial score (nSPS) is 18.7. The number of aromatic amines is 1. The molecule has 0 saturated heterocycles. The minimum Gasteiger partial charge on any atom is -0.511 e. The first-order valence-corrected chi connectivity index (χ1v) is 18.0. The molecule has 0 amide bonds. The van der Waals surface area contributed by atoms with Crippen molar-refractivity contribution in [2.45, 2.75) is 100 Å². The van der Waals surface area contributed by atoms with Crippen LogP contribution in [0.1, 0.15) is 98.1 Å². The van der Waals surface area contributed by atoms with Gasteiger partial charge in [-0.2, -0.15) is 0 Å². The molecule has 0 spiro atoms. The number of carbonyl (C=O) groups is 1. The number of aliphatic hydroxyl groups is 2. The van der Waals surface area contributed by atoms with E-state index in [1.165, 1.54) is 11.1 Å². The number of fused-ring (bicyclic) bond motifs is 5. The fraction of sp³-hybridized carbons (Fsp3) is 0.429. The zero-order valence-corrected chi connectivity index (χ0v) is 30.8. The van der Waals surface area contributed by atoms with Gasteiger partial charge in [0.2, 0.25) is 0 Å². The van der Waals surface area contributed by atoms with E-state index in [1.807, 2.05) is 32.9 Å². The Kier molecular flexibility index (Phi) is 10.1. The van der Waals surface area contributed by atoms with Crippen molar-refractivity contribution in [3.63, 3.8) is 0 Å². The summed E-state index contributed by atoms with van der Waals surface area (Å²) < 4.78 is 5.70. The minimum atomic E-state index is -0.226. The minimum absolute atomic E-state index is 0.132. The lowest BCUT2D eigenvalue weighted by atomic mass is 9.95. The van der Waals surface area contributed by atoms with Gasteiger partial charge in [0.15, 0.2) is 0 Å². The summed E-state index contributed by atoms with van der Waals surface area (Å²) in [5.74, 6) is 0.536. The number of aliphatic imine (C=N–C) groups is 3. The van der Waals surface area contributed by atoms with Gasteiger partial charge in [0, 0.05) is 40.3 Å². The molecule has 0 aromatic carbocycles. The molecule has 5 heterocycles. The molecule has 0 radical (unpaired) electrons. The smallest absolute Gasteiger partial charge is 0.306 e. The molecule has 1 aromatic rings. The lowest BCUT2D eigenvalue weighted by Gasteiger charge is -2.12. The van der Waals surface area contributed by atoms with E-state index in [4.69, 9.17) is 19.7 Å². The second kappa shape index (κ2) is 14.4. The van der Waals surface area contributed by atoms with Gasteiger partial charge >= 0.3 is 5.97 Å². The van der Waals surface area contributed by atoms with Crippen LogP contribution in [-0.2, 0) is 16.0 Å². The van der Waals surface area contributed by atoms with Crippen LogP contribution in [0.3, 0.4) is 0 Å². The Hall–Kier alpha value is -4.56. The lowest BCUT2D eigenvalue weighted by molar-refractivity contribution is -0.143. The molecule has 6 rings (SSSR count). The summed E-state index contributed by atoms with van der Waals surface area (Å²) in [6.45, 7) is 17.0. The molecule has 5 aliphatic rings. The molecule has 1 atom stereocenters. The van der Waals surface area contributed by atoms with Crippen LogP contribution in [-0.4, -0.2) is 51.5 Å². The van der Waals surface area contributed by atoms with E-state index in [0.29, 0.717) is 25.4 Å². The van der Waals surface area contributed by atoms with Crippen molar-refractivity contribution >= 4 is 35.3 Å². The van der Waals surface area contributed by atoms with Crippen molar-refractivity contribution in [1.82, 2.24) is 4.98 Å². The summed E-state index contributed by atoms with van der Waals surface area (Å²) in [5, 5.41) is 23.7. The lowest BCUT2D eigenvalue weighted by Crippen LogP contribution is -2.15. The standard InChI is InChI=1S/C42H50N4O4/c1-9-28-24(5)33-19-37-31(21-47)26(7)32(44-37)18-34-25(6)29(13-14-39(49)50-16-15-23(4)12-10-11-22(2)3)41(45-34)30-17-38(48)40-27(8)35(46-42(30)40)20-36(28)43-33/h11,18-20,23,43,47-48H,9-10,12-17,21H2,1-8H3/t23-/m0/s1. The monoisotopic (exact) mass is 674 g/mol. The van der Waals surface area contributed by atoms with Gasteiger partial charge in [-0.25, -0.2) is 15.0 Å². The summed E-state index contributed by atoms with van der Waals surface area (Å²) in [6.07, 6.45) is 13.1. The summed E-state index contributed by atoms with van der Waals surface area (Å²) in [6, 6.07) is 0. The zero-order chi connectivity index (χ0) is 35.9. The Balaban J connectivity index is 1.38. The predicted molar refractivity (Wildman–Crippen MR) is 203 cm³/mol. The molecule has 1 aromatic heterocycles. The van der Waals surface area contributed by atoms with E-state index in [1.54, 1.807) is 0 Å². The van der Waals surface area contributed by atoms with Gasteiger partial charge in [0.1, 0.15) is 5.76 Å². The maximum Gasteiger partial charge on any atom is 0.306 e. The number of aliphatic hydroxyl groups excluding tert-OH is 2. The fourth-order valence-corrected chi connectivity index (χ4v) is 7.48. The Morgan fingerprint density at radius 3 is 2.48 bits per heavy atom. The summed E-state index contributed by atoms with van der Waals surface area (Å²) in [4.78, 5) is 31.9. The van der Waals surface area contributed by atoms with E-state index < -0.39 is 0 Å². The first kappa shape index (κ1) is 35.3. The molecule has 0 saturated carbocycles. The third-order valence-electron chi connectivity index (χ3n) is 10.6. The maximum atomic E-state index is 13.0. The quantitative estimate of drug-likeness (QED) is 0.170. The predicted octanol–water partition coefficient (Wildman–Crippen LogP) is 7.17. The molecular formula is C42H50N4O4. The van der Waals surface area contributed by atoms with Crippen molar-refractivity contribution in [3.05, 3.63) is 101 Å². The Morgan fingerprint density at radius 2 is 1.76 bits per heavy atom. The van der Waals surface area contributed by atoms with Crippen molar-refractivity contribution in [2.75, 3.05) is 13.2 Å². The Morgan fingerprint density at radius 1 is 0.980 bits per heavy atom. The molecule has 262 valence electrons. The Labute approximate surface area is 295 Å². The van der Waals surface area contributed by atoms with E-state index in [9.17, 15) is 15.0 Å². The number of hydrogen-bond donors (Lipinski definition) is 3. The van der Waals surface area contributed by atoms with Crippen LogP contribution in [0.2, 0.25) is 0 Å². The van der Waals surface area contributed by atoms with Crippen molar-refractivity contribution < 1.29 is 19.7 Å². The fourth-order valence-electron chi connectivity index (χ4n) is 7.48. The van der Waals surface area contributed by atoms with Gasteiger partial charge in [-0.15, -0.1) is 0 Å². The van der Waals surface area contributed by atoms with Gasteiger partial charge in [-0.3, -0.25) is 4.79 Å². The maximum absolute atomic E-state index is 13.0. The molecular weight excluding hydrogens is 624 g/mol. The van der Waals surface area contributed by atoms with Gasteiger partial charge in [0.25, 0.3) is 0 Å². The molecule has 3 N–H and O–H groups in total. The molecule has 50 heavy (non-hydrogen) atoms. The third kappa shape index (κ3) is 6.65. The number of nitrogens with zero attached hydrogens (tertiary/aromatic N) is 3. The number of nitrogens with one attached hydrogen (secondary N) is 1. The van der Waals surface area contributed by atoms with Crippen LogP contribution >= 0.6 is 0 Å². The second-order valence-electron chi connectivity index (χ2n) is 14.4. The van der Waals surface area contributed by atoms with Gasteiger partial charge < -0.3 is 19.9 Å².